The van der Waals surface area contributed by atoms with Crippen molar-refractivity contribution in [3.8, 4) is 0 Å². The summed E-state index contributed by atoms with van der Waals surface area (Å²) in [6.07, 6.45) is 5.14. The second kappa shape index (κ2) is 5.30. The second-order valence-electron chi connectivity index (χ2n) is 4.17. The summed E-state index contributed by atoms with van der Waals surface area (Å²) in [5.74, 6) is 1.07. The van der Waals surface area contributed by atoms with Crippen LogP contribution in [-0.2, 0) is 0 Å². The molecule has 0 unspecified atom stereocenters. The maximum absolute atomic E-state index is 6.12. The van der Waals surface area contributed by atoms with Crippen molar-refractivity contribution < 1.29 is 0 Å². The van der Waals surface area contributed by atoms with Gasteiger partial charge in [-0.25, -0.2) is 4.98 Å². The van der Waals surface area contributed by atoms with E-state index in [-0.39, 0.29) is 0 Å². The number of rotatable bonds is 3. The zero-order chi connectivity index (χ0) is 13.9. The summed E-state index contributed by atoms with van der Waals surface area (Å²) in [6.45, 7) is 0. The van der Waals surface area contributed by atoms with Gasteiger partial charge >= 0.3 is 0 Å². The van der Waals surface area contributed by atoms with Crippen molar-refractivity contribution in [2.75, 3.05) is 17.7 Å². The third kappa shape index (κ3) is 2.35. The number of benzene rings is 1. The number of hydrogen-bond donors (Lipinski definition) is 2. The third-order valence-corrected chi connectivity index (χ3v) is 3.18. The Hall–Kier alpha value is -2.40. The van der Waals surface area contributed by atoms with Gasteiger partial charge in [0.1, 0.15) is 5.02 Å². The van der Waals surface area contributed by atoms with Crippen molar-refractivity contribution in [1.82, 2.24) is 15.0 Å². The molecule has 100 valence electrons. The third-order valence-electron chi connectivity index (χ3n) is 2.90. The molecule has 5 nitrogen and oxygen atoms in total. The quantitative estimate of drug-likeness (QED) is 0.771. The van der Waals surface area contributed by atoms with E-state index in [2.05, 4.69) is 25.6 Å². The fourth-order valence-electron chi connectivity index (χ4n) is 1.93. The average molecular weight is 286 g/mol. The van der Waals surface area contributed by atoms with Crippen LogP contribution < -0.4 is 10.6 Å². The first-order valence-corrected chi connectivity index (χ1v) is 6.46. The Kier molecular flexibility index (Phi) is 3.35. The first kappa shape index (κ1) is 12.6. The summed E-state index contributed by atoms with van der Waals surface area (Å²) >= 11 is 6.12. The van der Waals surface area contributed by atoms with Crippen LogP contribution in [0.25, 0.3) is 10.8 Å². The van der Waals surface area contributed by atoms with E-state index in [1.165, 1.54) is 0 Å². The van der Waals surface area contributed by atoms with Gasteiger partial charge in [0.2, 0.25) is 5.95 Å². The largest absolute Gasteiger partial charge is 0.357 e. The van der Waals surface area contributed by atoms with Crippen LogP contribution in [0.1, 0.15) is 0 Å². The lowest BCUT2D eigenvalue weighted by molar-refractivity contribution is 1.15. The molecule has 0 bridgehead atoms. The van der Waals surface area contributed by atoms with Gasteiger partial charge in [0.25, 0.3) is 0 Å². The summed E-state index contributed by atoms with van der Waals surface area (Å²) in [6, 6.07) is 7.92. The van der Waals surface area contributed by atoms with Crippen molar-refractivity contribution in [2.45, 2.75) is 0 Å². The molecule has 0 radical (unpaired) electrons. The number of fused-ring (bicyclic) bond motifs is 1. The Morgan fingerprint density at radius 3 is 2.90 bits per heavy atom. The zero-order valence-electron chi connectivity index (χ0n) is 10.8. The number of hydrogen-bond acceptors (Lipinski definition) is 5. The maximum Gasteiger partial charge on any atom is 0.224 e. The van der Waals surface area contributed by atoms with Crippen molar-refractivity contribution in [1.29, 1.82) is 0 Å². The van der Waals surface area contributed by atoms with Crippen LogP contribution in [0, 0.1) is 0 Å². The number of anilines is 3. The molecule has 3 aromatic rings. The van der Waals surface area contributed by atoms with E-state index in [0.717, 1.165) is 16.5 Å². The lowest BCUT2D eigenvalue weighted by Crippen LogP contribution is -2.01. The monoisotopic (exact) mass is 285 g/mol. The fourth-order valence-corrected chi connectivity index (χ4v) is 2.06. The first-order valence-electron chi connectivity index (χ1n) is 6.08. The summed E-state index contributed by atoms with van der Waals surface area (Å²) in [5.41, 5.74) is 0.901. The van der Waals surface area contributed by atoms with Gasteiger partial charge in [0.15, 0.2) is 5.82 Å². The standard InChI is InChI=1S/C14H12ClN5/c1-16-14-18-8-11(15)13(20-14)19-12-4-2-3-9-5-6-17-7-10(9)12/h2-8H,1H3,(H2,16,18,19,20). The Morgan fingerprint density at radius 1 is 1.15 bits per heavy atom. The molecule has 0 aliphatic rings. The maximum atomic E-state index is 6.12. The summed E-state index contributed by atoms with van der Waals surface area (Å²) in [7, 11) is 1.76. The van der Waals surface area contributed by atoms with Gasteiger partial charge in [-0.1, -0.05) is 23.7 Å². The number of pyridine rings is 1. The molecule has 6 heteroatoms. The second-order valence-corrected chi connectivity index (χ2v) is 4.57. The number of nitrogens with zero attached hydrogens (tertiary/aromatic N) is 3. The van der Waals surface area contributed by atoms with Crippen LogP contribution in [0.15, 0.2) is 42.9 Å². The highest BCUT2D eigenvalue weighted by molar-refractivity contribution is 6.33. The molecule has 0 amide bonds. The molecule has 3 rings (SSSR count). The van der Waals surface area contributed by atoms with Crippen LogP contribution in [-0.4, -0.2) is 22.0 Å². The zero-order valence-corrected chi connectivity index (χ0v) is 11.5. The molecule has 0 atom stereocenters. The molecule has 0 aliphatic heterocycles. The highest BCUT2D eigenvalue weighted by Crippen LogP contribution is 2.28. The topological polar surface area (TPSA) is 62.7 Å². The van der Waals surface area contributed by atoms with E-state index in [1.54, 1.807) is 19.4 Å². The van der Waals surface area contributed by atoms with Crippen LogP contribution >= 0.6 is 11.6 Å². The van der Waals surface area contributed by atoms with E-state index in [0.29, 0.717) is 16.8 Å². The highest BCUT2D eigenvalue weighted by atomic mass is 35.5. The molecular weight excluding hydrogens is 274 g/mol. The van der Waals surface area contributed by atoms with Crippen molar-refractivity contribution >= 4 is 39.8 Å². The SMILES string of the molecule is CNc1ncc(Cl)c(Nc2cccc3ccncc23)n1. The van der Waals surface area contributed by atoms with Gasteiger partial charge < -0.3 is 10.6 Å². The Bertz CT molecular complexity index is 754. The molecule has 20 heavy (non-hydrogen) atoms. The van der Waals surface area contributed by atoms with E-state index in [1.807, 2.05) is 30.5 Å². The van der Waals surface area contributed by atoms with E-state index in [9.17, 15) is 0 Å². The molecule has 0 fully saturated rings. The van der Waals surface area contributed by atoms with Crippen molar-refractivity contribution in [3.05, 3.63) is 47.9 Å². The van der Waals surface area contributed by atoms with Crippen molar-refractivity contribution in [2.24, 2.45) is 0 Å². The minimum absolute atomic E-state index is 0.463. The molecule has 1 aromatic carbocycles. The smallest absolute Gasteiger partial charge is 0.224 e. The predicted molar refractivity (Wildman–Crippen MR) is 81.6 cm³/mol. The van der Waals surface area contributed by atoms with Crippen molar-refractivity contribution in [3.63, 3.8) is 0 Å². The number of aromatic nitrogens is 3. The van der Waals surface area contributed by atoms with E-state index in [4.69, 9.17) is 11.6 Å². The minimum Gasteiger partial charge on any atom is -0.357 e. The lowest BCUT2D eigenvalue weighted by atomic mass is 10.1. The van der Waals surface area contributed by atoms with Gasteiger partial charge in [0, 0.05) is 30.5 Å². The van der Waals surface area contributed by atoms with E-state index < -0.39 is 0 Å². The van der Waals surface area contributed by atoms with Gasteiger partial charge in [-0.3, -0.25) is 4.98 Å². The van der Waals surface area contributed by atoms with E-state index >= 15 is 0 Å². The molecule has 0 saturated heterocycles. The lowest BCUT2D eigenvalue weighted by Gasteiger charge is -2.10. The predicted octanol–water partition coefficient (Wildman–Crippen LogP) is 3.46. The van der Waals surface area contributed by atoms with Gasteiger partial charge in [-0.15, -0.1) is 0 Å². The molecule has 2 N–H and O–H groups in total. The average Bonchev–Trinajstić information content (AvgIpc) is 2.50. The summed E-state index contributed by atoms with van der Waals surface area (Å²) in [5, 5.41) is 8.68. The fraction of sp³-hybridized carbons (Fsp3) is 0.0714. The Balaban J connectivity index is 2.05. The molecule has 2 aromatic heterocycles. The molecular formula is C14H12ClN5. The Morgan fingerprint density at radius 2 is 2.05 bits per heavy atom. The molecule has 0 aliphatic carbocycles. The number of halogens is 1. The van der Waals surface area contributed by atoms with Crippen LogP contribution in [0.5, 0.6) is 0 Å². The molecule has 0 spiro atoms. The minimum atomic E-state index is 0.463. The Labute approximate surface area is 121 Å². The van der Waals surface area contributed by atoms with Gasteiger partial charge in [-0.2, -0.15) is 4.98 Å². The highest BCUT2D eigenvalue weighted by Gasteiger charge is 2.07. The van der Waals surface area contributed by atoms with Crippen LogP contribution in [0.4, 0.5) is 17.5 Å². The van der Waals surface area contributed by atoms with Gasteiger partial charge in [0.05, 0.1) is 6.20 Å². The summed E-state index contributed by atoms with van der Waals surface area (Å²) < 4.78 is 0. The van der Waals surface area contributed by atoms with Crippen LogP contribution in [0.3, 0.4) is 0 Å². The summed E-state index contributed by atoms with van der Waals surface area (Å²) in [4.78, 5) is 12.5. The van der Waals surface area contributed by atoms with Gasteiger partial charge in [-0.05, 0) is 17.5 Å². The molecule has 0 saturated carbocycles. The molecule has 2 heterocycles. The number of nitrogens with one attached hydrogen (secondary N) is 2. The normalized spacial score (nSPS) is 10.5. The van der Waals surface area contributed by atoms with Crippen LogP contribution in [0.2, 0.25) is 5.02 Å². The first-order chi connectivity index (χ1) is 9.78.